The van der Waals surface area contributed by atoms with Crippen LogP contribution >= 0.6 is 0 Å². The first-order valence-corrected chi connectivity index (χ1v) is 8.04. The van der Waals surface area contributed by atoms with Crippen LogP contribution in [0.1, 0.15) is 60.8 Å². The van der Waals surface area contributed by atoms with Crippen LogP contribution in [0.4, 0.5) is 0 Å². The SMILES string of the molecule is C[C-](C)C.[CH2-]S(=O)(=O)CCCCC(=O)C(C)(C)C.[Y]. The van der Waals surface area contributed by atoms with Crippen molar-refractivity contribution < 1.29 is 45.9 Å². The fraction of sp³-hybridized carbons (Fsp3) is 0.786. The van der Waals surface area contributed by atoms with Gasteiger partial charge in [0.2, 0.25) is 0 Å². The standard InChI is InChI=1S/C10H19O3S.C4H9.Y/c1-10(2,3)9(11)7-5-6-8-14(4,12)13;1-4(2)3;/h4-8H2,1-3H3;1-3H3;/q2*-1;. The molecule has 113 valence electrons. The third kappa shape index (κ3) is 24.2. The molecule has 0 aromatic heterocycles. The van der Waals surface area contributed by atoms with Crippen LogP contribution < -0.4 is 0 Å². The molecule has 0 atom stereocenters. The summed E-state index contributed by atoms with van der Waals surface area (Å²) in [6.07, 6.45) is 4.63. The van der Waals surface area contributed by atoms with Crippen molar-refractivity contribution in [2.75, 3.05) is 5.75 Å². The Hall–Kier alpha value is 0.724. The summed E-state index contributed by atoms with van der Waals surface area (Å²) in [5, 5.41) is 0. The van der Waals surface area contributed by atoms with E-state index in [1.165, 1.54) is 5.92 Å². The summed E-state index contributed by atoms with van der Waals surface area (Å²) >= 11 is 0. The van der Waals surface area contributed by atoms with E-state index in [9.17, 15) is 13.2 Å². The zero-order chi connectivity index (χ0) is 15.0. The maximum atomic E-state index is 11.4. The largest absolute Gasteiger partial charge is 0.323 e. The third-order valence-corrected chi connectivity index (χ3v) is 2.86. The Morgan fingerprint density at radius 2 is 1.47 bits per heavy atom. The molecule has 5 heteroatoms. The molecular formula is C14H28O3SY-2. The van der Waals surface area contributed by atoms with Crippen LogP contribution in [0.15, 0.2) is 0 Å². The summed E-state index contributed by atoms with van der Waals surface area (Å²) in [4.78, 5) is 11.4. The van der Waals surface area contributed by atoms with E-state index in [1.807, 2.05) is 20.8 Å². The van der Waals surface area contributed by atoms with Gasteiger partial charge in [0, 0.05) is 60.1 Å². The van der Waals surface area contributed by atoms with Crippen LogP contribution in [0.25, 0.3) is 0 Å². The van der Waals surface area contributed by atoms with Gasteiger partial charge in [-0.15, -0.1) is 0 Å². The van der Waals surface area contributed by atoms with Gasteiger partial charge in [0.15, 0.2) is 0 Å². The minimum atomic E-state index is -3.12. The number of carbonyl (C=O) groups is 1. The van der Waals surface area contributed by atoms with E-state index < -0.39 is 9.84 Å². The molecule has 0 aromatic carbocycles. The van der Waals surface area contributed by atoms with Gasteiger partial charge in [-0.25, -0.2) is 6.26 Å². The molecule has 0 amide bonds. The molecular weight excluding hydrogens is 337 g/mol. The Morgan fingerprint density at radius 3 is 1.74 bits per heavy atom. The number of rotatable bonds is 5. The van der Waals surface area contributed by atoms with Crippen molar-refractivity contribution in [2.24, 2.45) is 5.41 Å². The summed E-state index contributed by atoms with van der Waals surface area (Å²) in [5.74, 6) is 1.67. The molecule has 0 spiro atoms. The van der Waals surface area contributed by atoms with Crippen molar-refractivity contribution in [2.45, 2.75) is 60.8 Å². The van der Waals surface area contributed by atoms with E-state index in [-0.39, 0.29) is 49.7 Å². The quantitative estimate of drug-likeness (QED) is 0.553. The molecule has 0 aliphatic heterocycles. The van der Waals surface area contributed by atoms with Crippen molar-refractivity contribution in [1.29, 1.82) is 0 Å². The Bertz CT molecular complexity index is 324. The van der Waals surface area contributed by atoms with E-state index in [0.717, 1.165) is 0 Å². The van der Waals surface area contributed by atoms with Gasteiger partial charge in [0.25, 0.3) is 0 Å². The third-order valence-electron chi connectivity index (χ3n) is 1.95. The van der Waals surface area contributed by atoms with E-state index in [4.69, 9.17) is 0 Å². The zero-order valence-corrected chi connectivity index (χ0v) is 16.9. The minimum Gasteiger partial charge on any atom is -0.323 e. The molecule has 0 fully saturated rings. The monoisotopic (exact) mass is 365 g/mol. The van der Waals surface area contributed by atoms with Crippen molar-refractivity contribution in [3.63, 3.8) is 0 Å². The van der Waals surface area contributed by atoms with Gasteiger partial charge in [-0.05, 0) is 12.8 Å². The molecule has 0 aliphatic rings. The summed E-state index contributed by atoms with van der Waals surface area (Å²) in [7, 11) is -3.12. The van der Waals surface area contributed by atoms with E-state index >= 15 is 0 Å². The molecule has 0 saturated heterocycles. The van der Waals surface area contributed by atoms with Crippen LogP contribution in [0.3, 0.4) is 0 Å². The van der Waals surface area contributed by atoms with Gasteiger partial charge in [-0.2, -0.15) is 20.8 Å². The van der Waals surface area contributed by atoms with Gasteiger partial charge < -0.3 is 5.92 Å². The van der Waals surface area contributed by atoms with Gasteiger partial charge >= 0.3 is 0 Å². The molecule has 0 aliphatic carbocycles. The van der Waals surface area contributed by atoms with Crippen LogP contribution in [0.2, 0.25) is 0 Å². The van der Waals surface area contributed by atoms with Crippen LogP contribution in [0.5, 0.6) is 0 Å². The Balaban J connectivity index is -0.000000448. The Morgan fingerprint density at radius 1 is 1.11 bits per heavy atom. The van der Waals surface area contributed by atoms with Gasteiger partial charge in [-0.1, -0.05) is 20.8 Å². The molecule has 0 N–H and O–H groups in total. The average molecular weight is 365 g/mol. The first-order valence-electron chi connectivity index (χ1n) is 6.22. The van der Waals surface area contributed by atoms with Crippen LogP contribution in [-0.2, 0) is 47.3 Å². The summed E-state index contributed by atoms with van der Waals surface area (Å²) in [6.45, 7) is 11.9. The van der Waals surface area contributed by atoms with E-state index in [0.29, 0.717) is 19.3 Å². The molecule has 0 aromatic rings. The predicted octanol–water partition coefficient (Wildman–Crippen LogP) is 3.60. The fourth-order valence-electron chi connectivity index (χ4n) is 0.983. The predicted molar refractivity (Wildman–Crippen MR) is 77.7 cm³/mol. The second-order valence-electron chi connectivity index (χ2n) is 6.08. The van der Waals surface area contributed by atoms with Crippen molar-refractivity contribution in [1.82, 2.24) is 0 Å². The van der Waals surface area contributed by atoms with Crippen LogP contribution in [-0.4, -0.2) is 20.0 Å². The molecule has 0 bridgehead atoms. The fourth-order valence-corrected chi connectivity index (χ4v) is 1.63. The van der Waals surface area contributed by atoms with Crippen LogP contribution in [0, 0.1) is 17.6 Å². The number of ketones is 1. The number of sulfone groups is 1. The van der Waals surface area contributed by atoms with Gasteiger partial charge in [0.05, 0.1) is 0 Å². The summed E-state index contributed by atoms with van der Waals surface area (Å²) < 4.78 is 21.4. The maximum absolute atomic E-state index is 11.4. The topological polar surface area (TPSA) is 51.2 Å². The van der Waals surface area contributed by atoms with Crippen molar-refractivity contribution in [3.8, 4) is 0 Å². The summed E-state index contributed by atoms with van der Waals surface area (Å²) in [5.41, 5.74) is -0.316. The number of hydrogen-bond donors (Lipinski definition) is 0. The van der Waals surface area contributed by atoms with E-state index in [1.54, 1.807) is 0 Å². The van der Waals surface area contributed by atoms with Gasteiger partial charge in [-0.3, -0.25) is 13.2 Å². The molecule has 19 heavy (non-hydrogen) atoms. The number of carbonyl (C=O) groups excluding carboxylic acids is 1. The molecule has 3 nitrogen and oxygen atoms in total. The van der Waals surface area contributed by atoms with Crippen molar-refractivity contribution in [3.05, 3.63) is 12.2 Å². The number of hydrogen-bond acceptors (Lipinski definition) is 3. The minimum absolute atomic E-state index is 0. The Kier molecular flexibility index (Phi) is 14.8. The first kappa shape index (κ1) is 24.7. The molecule has 0 heterocycles. The normalized spacial score (nSPS) is 11.4. The maximum Gasteiger partial charge on any atom is 0.138 e. The van der Waals surface area contributed by atoms with E-state index in [2.05, 4.69) is 27.0 Å². The Labute approximate surface area is 145 Å². The molecule has 0 unspecified atom stereocenters. The number of unbranched alkanes of at least 4 members (excludes halogenated alkanes) is 1. The van der Waals surface area contributed by atoms with Gasteiger partial charge in [0.1, 0.15) is 5.78 Å². The molecule has 0 rings (SSSR count). The average Bonchev–Trinajstić information content (AvgIpc) is 2.07. The zero-order valence-electron chi connectivity index (χ0n) is 13.2. The summed E-state index contributed by atoms with van der Waals surface area (Å²) in [6, 6.07) is 0. The molecule has 0 saturated carbocycles. The number of Topliss-reactive ketones (excluding diaryl/α,β-unsaturated/α-hetero) is 1. The molecule has 1 radical (unpaired) electrons. The van der Waals surface area contributed by atoms with Crippen molar-refractivity contribution >= 4 is 15.6 Å². The smallest absolute Gasteiger partial charge is 0.138 e. The first-order chi connectivity index (χ1) is 7.86. The second-order valence-corrected chi connectivity index (χ2v) is 7.97. The second kappa shape index (κ2) is 11.4.